The number of fused-ring (bicyclic) bond motifs is 1. The van der Waals surface area contributed by atoms with Crippen LogP contribution in [-0.2, 0) is 0 Å². The third-order valence-electron chi connectivity index (χ3n) is 2.30. The van der Waals surface area contributed by atoms with Crippen LogP contribution in [0.25, 0.3) is 12.2 Å². The van der Waals surface area contributed by atoms with Crippen molar-refractivity contribution in [2.75, 3.05) is 0 Å². The molecule has 0 bridgehead atoms. The second-order valence-corrected chi connectivity index (χ2v) is 5.10. The Morgan fingerprint density at radius 2 is 2.00 bits per heavy atom. The van der Waals surface area contributed by atoms with E-state index in [0.717, 1.165) is 5.69 Å². The van der Waals surface area contributed by atoms with Crippen LogP contribution in [0, 0.1) is 5.92 Å². The minimum atomic E-state index is 0.527. The van der Waals surface area contributed by atoms with Gasteiger partial charge < -0.3 is 0 Å². The average Bonchev–Trinajstić information content (AvgIpc) is 2.48. The van der Waals surface area contributed by atoms with Crippen molar-refractivity contribution in [3.8, 4) is 0 Å². The second kappa shape index (κ2) is 3.70. The van der Waals surface area contributed by atoms with E-state index in [-0.39, 0.29) is 0 Å². The minimum Gasteiger partial charge on any atom is -0.241 e. The van der Waals surface area contributed by atoms with Crippen molar-refractivity contribution in [3.05, 3.63) is 27.7 Å². The molecule has 0 spiro atoms. The van der Waals surface area contributed by atoms with Gasteiger partial charge in [-0.1, -0.05) is 32.9 Å². The molecule has 0 aliphatic heterocycles. The second-order valence-electron chi connectivity index (χ2n) is 4.03. The molecular formula is C12H15NS. The Balaban J connectivity index is 2.41. The predicted octanol–water partition coefficient (Wildman–Crippen LogP) is 3.94. The fraction of sp³-hybridized carbons (Fsp3) is 0.417. The largest absolute Gasteiger partial charge is 0.241 e. The minimum absolute atomic E-state index is 0.527. The van der Waals surface area contributed by atoms with Crippen molar-refractivity contribution < 1.29 is 0 Å². The summed E-state index contributed by atoms with van der Waals surface area (Å²) < 4.78 is 0. The number of rotatable bonds is 1. The Kier molecular flexibility index (Phi) is 2.55. The summed E-state index contributed by atoms with van der Waals surface area (Å²) in [5.74, 6) is 1.06. The highest BCUT2D eigenvalue weighted by Gasteiger charge is 2.11. The van der Waals surface area contributed by atoms with Crippen LogP contribution in [0.3, 0.4) is 0 Å². The smallest absolute Gasteiger partial charge is 0.0963 e. The Labute approximate surface area is 89.2 Å². The van der Waals surface area contributed by atoms with E-state index in [1.165, 1.54) is 9.88 Å². The maximum Gasteiger partial charge on any atom is 0.0963 e. The molecule has 0 fully saturated rings. The summed E-state index contributed by atoms with van der Waals surface area (Å²) in [6, 6.07) is 0. The lowest BCUT2D eigenvalue weighted by Crippen LogP contribution is -1.85. The average molecular weight is 205 g/mol. The van der Waals surface area contributed by atoms with Gasteiger partial charge in [0.25, 0.3) is 0 Å². The van der Waals surface area contributed by atoms with Gasteiger partial charge in [-0.05, 0) is 18.1 Å². The summed E-state index contributed by atoms with van der Waals surface area (Å²) in [5.41, 5.74) is 1.14. The third kappa shape index (κ3) is 1.80. The molecule has 1 nitrogen and oxygen atoms in total. The van der Waals surface area contributed by atoms with Crippen LogP contribution in [0.4, 0.5) is 0 Å². The van der Waals surface area contributed by atoms with Gasteiger partial charge in [0, 0.05) is 5.92 Å². The van der Waals surface area contributed by atoms with Crippen molar-refractivity contribution in [2.24, 2.45) is 5.92 Å². The van der Waals surface area contributed by atoms with Crippen molar-refractivity contribution >= 4 is 23.5 Å². The number of thiazole rings is 1. The highest BCUT2D eigenvalue weighted by molar-refractivity contribution is 7.12. The molecule has 1 atom stereocenters. The Morgan fingerprint density at radius 3 is 2.71 bits per heavy atom. The fourth-order valence-electron chi connectivity index (χ4n) is 1.39. The van der Waals surface area contributed by atoms with E-state index in [1.807, 2.05) is 11.3 Å². The van der Waals surface area contributed by atoms with Crippen LogP contribution >= 0.6 is 11.3 Å². The molecule has 0 saturated heterocycles. The lowest BCUT2D eigenvalue weighted by molar-refractivity contribution is 0.851. The van der Waals surface area contributed by atoms with Crippen LogP contribution in [0.15, 0.2) is 12.2 Å². The zero-order chi connectivity index (χ0) is 10.1. The molecule has 14 heavy (non-hydrogen) atoms. The van der Waals surface area contributed by atoms with E-state index in [4.69, 9.17) is 0 Å². The molecule has 2 rings (SSSR count). The lowest BCUT2D eigenvalue weighted by atomic mass is 10.2. The predicted molar refractivity (Wildman–Crippen MR) is 63.4 cm³/mol. The van der Waals surface area contributed by atoms with E-state index < -0.39 is 0 Å². The van der Waals surface area contributed by atoms with Crippen LogP contribution < -0.4 is 0 Å². The van der Waals surface area contributed by atoms with E-state index in [0.29, 0.717) is 11.8 Å². The van der Waals surface area contributed by atoms with Crippen LogP contribution in [0.1, 0.15) is 42.3 Å². The summed E-state index contributed by atoms with van der Waals surface area (Å²) in [6.07, 6.45) is 8.77. The van der Waals surface area contributed by atoms with Crippen LogP contribution in [0.2, 0.25) is 0 Å². The number of allylic oxidation sites excluding steroid dienone is 2. The Hall–Kier alpha value is -0.890. The summed E-state index contributed by atoms with van der Waals surface area (Å²) >= 11 is 1.81. The molecule has 1 aromatic heterocycles. The van der Waals surface area contributed by atoms with E-state index in [9.17, 15) is 0 Å². The topological polar surface area (TPSA) is 12.9 Å². The van der Waals surface area contributed by atoms with Gasteiger partial charge in [0.1, 0.15) is 0 Å². The van der Waals surface area contributed by atoms with Gasteiger partial charge in [0.15, 0.2) is 0 Å². The van der Waals surface area contributed by atoms with Crippen molar-refractivity contribution in [1.82, 2.24) is 4.98 Å². The van der Waals surface area contributed by atoms with Gasteiger partial charge in [-0.15, -0.1) is 11.3 Å². The van der Waals surface area contributed by atoms with Gasteiger partial charge >= 0.3 is 0 Å². The molecule has 1 heterocycles. The molecule has 1 unspecified atom stereocenters. The van der Waals surface area contributed by atoms with Gasteiger partial charge in [-0.25, -0.2) is 4.98 Å². The molecule has 0 saturated carbocycles. The number of nitrogens with zero attached hydrogens (tertiary/aromatic N) is 1. The third-order valence-corrected chi connectivity index (χ3v) is 3.64. The molecule has 0 radical (unpaired) electrons. The zero-order valence-electron chi connectivity index (χ0n) is 8.82. The highest BCUT2D eigenvalue weighted by atomic mass is 32.1. The van der Waals surface area contributed by atoms with Crippen LogP contribution in [0.5, 0.6) is 0 Å². The molecule has 2 heteroatoms. The quantitative estimate of drug-likeness (QED) is 0.676. The normalized spacial score (nSPS) is 19.9. The summed E-state index contributed by atoms with van der Waals surface area (Å²) in [6.45, 7) is 6.56. The SMILES string of the molecule is CC1C=Cc2nc(C(C)C)sc2C=C1. The first-order valence-electron chi connectivity index (χ1n) is 5.04. The van der Waals surface area contributed by atoms with Crippen LogP contribution in [-0.4, -0.2) is 4.98 Å². The highest BCUT2D eigenvalue weighted by Crippen LogP contribution is 2.29. The molecule has 1 aliphatic carbocycles. The Bertz CT molecular complexity index is 354. The molecular weight excluding hydrogens is 190 g/mol. The molecule has 0 aromatic carbocycles. The van der Waals surface area contributed by atoms with Gasteiger partial charge in [0.2, 0.25) is 0 Å². The molecule has 1 aromatic rings. The zero-order valence-corrected chi connectivity index (χ0v) is 9.64. The van der Waals surface area contributed by atoms with Gasteiger partial charge in [-0.3, -0.25) is 0 Å². The van der Waals surface area contributed by atoms with Crippen molar-refractivity contribution in [3.63, 3.8) is 0 Å². The fourth-order valence-corrected chi connectivity index (χ4v) is 2.36. The molecule has 74 valence electrons. The first kappa shape index (κ1) is 9.66. The molecule has 0 N–H and O–H groups in total. The van der Waals surface area contributed by atoms with Gasteiger partial charge in [0.05, 0.1) is 15.6 Å². The number of hydrogen-bond donors (Lipinski definition) is 0. The van der Waals surface area contributed by atoms with E-state index >= 15 is 0 Å². The first-order valence-corrected chi connectivity index (χ1v) is 5.85. The summed E-state index contributed by atoms with van der Waals surface area (Å²) in [7, 11) is 0. The maximum absolute atomic E-state index is 4.63. The Morgan fingerprint density at radius 1 is 1.29 bits per heavy atom. The number of aromatic nitrogens is 1. The van der Waals surface area contributed by atoms with Crippen molar-refractivity contribution in [1.29, 1.82) is 0 Å². The summed E-state index contributed by atoms with van der Waals surface area (Å²) in [5, 5.41) is 1.24. The van der Waals surface area contributed by atoms with Gasteiger partial charge in [-0.2, -0.15) is 0 Å². The number of hydrogen-bond acceptors (Lipinski definition) is 2. The van der Waals surface area contributed by atoms with E-state index in [2.05, 4.69) is 50.1 Å². The lowest BCUT2D eigenvalue weighted by Gasteiger charge is -1.96. The van der Waals surface area contributed by atoms with E-state index in [1.54, 1.807) is 0 Å². The standard InChI is InChI=1S/C12H15NS/c1-8(2)12-13-10-6-4-9(3)5-7-11(10)14-12/h4-9H,1-3H3. The maximum atomic E-state index is 4.63. The summed E-state index contributed by atoms with van der Waals surface area (Å²) in [4.78, 5) is 5.93. The van der Waals surface area contributed by atoms with Crippen molar-refractivity contribution in [2.45, 2.75) is 26.7 Å². The molecule has 0 amide bonds. The molecule has 1 aliphatic rings. The monoisotopic (exact) mass is 205 g/mol. The first-order chi connectivity index (χ1) is 6.66.